The molecule has 1 amide bonds. The molecule has 0 bridgehead atoms. The van der Waals surface area contributed by atoms with Crippen molar-refractivity contribution in [2.24, 2.45) is 5.41 Å². The van der Waals surface area contributed by atoms with E-state index in [1.807, 2.05) is 20.8 Å². The molecule has 0 saturated heterocycles. The van der Waals surface area contributed by atoms with Gasteiger partial charge in [0.15, 0.2) is 0 Å². The van der Waals surface area contributed by atoms with Gasteiger partial charge in [0, 0.05) is 18.5 Å². The quantitative estimate of drug-likeness (QED) is 0.503. The van der Waals surface area contributed by atoms with Gasteiger partial charge >= 0.3 is 5.97 Å². The van der Waals surface area contributed by atoms with Crippen LogP contribution < -0.4 is 0 Å². The van der Waals surface area contributed by atoms with Crippen molar-refractivity contribution in [1.29, 1.82) is 0 Å². The fourth-order valence-electron chi connectivity index (χ4n) is 1.85. The molecule has 0 N–H and O–H groups in total. The molecule has 0 aromatic rings. The van der Waals surface area contributed by atoms with Gasteiger partial charge in [-0.3, -0.25) is 9.59 Å². The van der Waals surface area contributed by atoms with E-state index in [1.54, 1.807) is 4.90 Å². The number of amides is 1. The normalized spacial score (nSPS) is 11.2. The third kappa shape index (κ3) is 7.85. The molecule has 0 aromatic heterocycles. The molecule has 0 aliphatic heterocycles. The number of carbonyl (C=O) groups excluding carboxylic acids is 2. The smallest absolute Gasteiger partial charge is 0.307 e. The van der Waals surface area contributed by atoms with Crippen molar-refractivity contribution in [3.63, 3.8) is 0 Å². The number of carbonyl (C=O) groups is 2. The molecule has 0 aliphatic rings. The molecule has 0 fully saturated rings. The summed E-state index contributed by atoms with van der Waals surface area (Å²) < 4.78 is 4.63. The third-order valence-electron chi connectivity index (χ3n) is 3.02. The minimum atomic E-state index is -0.402. The first kappa shape index (κ1) is 17.9. The molecule has 0 aliphatic carbocycles. The molecule has 0 aromatic carbocycles. The van der Waals surface area contributed by atoms with E-state index in [0.717, 1.165) is 19.4 Å². The van der Waals surface area contributed by atoms with E-state index in [0.29, 0.717) is 6.54 Å². The molecular formula is C15H29NO3. The van der Waals surface area contributed by atoms with Crippen LogP contribution in [0.25, 0.3) is 0 Å². The largest absolute Gasteiger partial charge is 0.469 e. The molecule has 0 atom stereocenters. The Morgan fingerprint density at radius 2 is 1.68 bits per heavy atom. The Morgan fingerprint density at radius 1 is 1.05 bits per heavy atom. The monoisotopic (exact) mass is 271 g/mol. The Labute approximate surface area is 117 Å². The van der Waals surface area contributed by atoms with Gasteiger partial charge in [-0.25, -0.2) is 0 Å². The highest BCUT2D eigenvalue weighted by Gasteiger charge is 2.27. The summed E-state index contributed by atoms with van der Waals surface area (Å²) in [5.41, 5.74) is -0.402. The molecule has 0 spiro atoms. The maximum Gasteiger partial charge on any atom is 0.307 e. The summed E-state index contributed by atoms with van der Waals surface area (Å²) in [6, 6.07) is 0. The third-order valence-corrected chi connectivity index (χ3v) is 3.02. The highest BCUT2D eigenvalue weighted by Crippen LogP contribution is 2.18. The van der Waals surface area contributed by atoms with Crippen LogP contribution in [0.2, 0.25) is 0 Å². The molecule has 0 radical (unpaired) electrons. The van der Waals surface area contributed by atoms with Gasteiger partial charge in [0.05, 0.1) is 13.5 Å². The summed E-state index contributed by atoms with van der Waals surface area (Å²) in [6.45, 7) is 9.07. The van der Waals surface area contributed by atoms with Crippen LogP contribution in [0.15, 0.2) is 0 Å². The predicted octanol–water partition coefficient (Wildman–Crippen LogP) is 3.00. The Kier molecular flexibility index (Phi) is 8.44. The van der Waals surface area contributed by atoms with E-state index in [2.05, 4.69) is 11.7 Å². The number of unbranched alkanes of at least 4 members (excludes halogenated alkanes) is 3. The van der Waals surface area contributed by atoms with E-state index in [9.17, 15) is 9.59 Å². The maximum atomic E-state index is 12.3. The fourth-order valence-corrected chi connectivity index (χ4v) is 1.85. The summed E-state index contributed by atoms with van der Waals surface area (Å²) in [5.74, 6) is -0.159. The summed E-state index contributed by atoms with van der Waals surface area (Å²) in [6.07, 6.45) is 4.76. The number of ether oxygens (including phenoxy) is 1. The number of hydrogen-bond donors (Lipinski definition) is 0. The number of rotatable bonds is 8. The standard InChI is InChI=1S/C15H29NO3/c1-6-7-8-9-11-16(12-10-13(17)19-5)14(18)15(2,3)4/h6-12H2,1-5H3. The van der Waals surface area contributed by atoms with Crippen molar-refractivity contribution in [3.05, 3.63) is 0 Å². The van der Waals surface area contributed by atoms with Crippen molar-refractivity contribution in [1.82, 2.24) is 4.90 Å². The lowest BCUT2D eigenvalue weighted by atomic mass is 9.94. The Morgan fingerprint density at radius 3 is 2.16 bits per heavy atom. The minimum absolute atomic E-state index is 0.105. The summed E-state index contributed by atoms with van der Waals surface area (Å²) >= 11 is 0. The Hall–Kier alpha value is -1.06. The first-order valence-corrected chi connectivity index (χ1v) is 7.19. The van der Waals surface area contributed by atoms with E-state index >= 15 is 0 Å². The highest BCUT2D eigenvalue weighted by molar-refractivity contribution is 5.82. The van der Waals surface area contributed by atoms with Crippen LogP contribution in [0.3, 0.4) is 0 Å². The van der Waals surface area contributed by atoms with Crippen LogP contribution in [-0.2, 0) is 14.3 Å². The van der Waals surface area contributed by atoms with Crippen LogP contribution in [0, 0.1) is 5.41 Å². The first-order valence-electron chi connectivity index (χ1n) is 7.19. The van der Waals surface area contributed by atoms with Crippen LogP contribution in [0.1, 0.15) is 59.8 Å². The van der Waals surface area contributed by atoms with Crippen molar-refractivity contribution in [2.75, 3.05) is 20.2 Å². The minimum Gasteiger partial charge on any atom is -0.469 e. The fraction of sp³-hybridized carbons (Fsp3) is 0.867. The van der Waals surface area contributed by atoms with E-state index in [4.69, 9.17) is 0 Å². The summed E-state index contributed by atoms with van der Waals surface area (Å²) in [5, 5.41) is 0. The molecule has 4 heteroatoms. The SMILES string of the molecule is CCCCCCN(CCC(=O)OC)C(=O)C(C)(C)C. The topological polar surface area (TPSA) is 46.6 Å². The molecule has 0 saturated carbocycles. The number of hydrogen-bond acceptors (Lipinski definition) is 3. The maximum absolute atomic E-state index is 12.3. The van der Waals surface area contributed by atoms with Crippen LogP contribution in [0.5, 0.6) is 0 Å². The second kappa shape index (κ2) is 8.94. The number of methoxy groups -OCH3 is 1. The van der Waals surface area contributed by atoms with Gasteiger partial charge < -0.3 is 9.64 Å². The van der Waals surface area contributed by atoms with Gasteiger partial charge in [0.2, 0.25) is 5.91 Å². The molecule has 4 nitrogen and oxygen atoms in total. The zero-order valence-electron chi connectivity index (χ0n) is 13.1. The molecule has 0 unspecified atom stereocenters. The van der Waals surface area contributed by atoms with Gasteiger partial charge in [-0.05, 0) is 6.42 Å². The Bertz CT molecular complexity index is 282. The summed E-state index contributed by atoms with van der Waals surface area (Å²) in [4.78, 5) is 25.3. The zero-order chi connectivity index (χ0) is 14.9. The van der Waals surface area contributed by atoms with Crippen LogP contribution in [0.4, 0.5) is 0 Å². The average Bonchev–Trinajstić information content (AvgIpc) is 2.35. The van der Waals surface area contributed by atoms with Crippen molar-refractivity contribution < 1.29 is 14.3 Å². The number of nitrogens with zero attached hydrogens (tertiary/aromatic N) is 1. The highest BCUT2D eigenvalue weighted by atomic mass is 16.5. The van der Waals surface area contributed by atoms with Crippen LogP contribution >= 0.6 is 0 Å². The second-order valence-electron chi connectivity index (χ2n) is 5.93. The first-order chi connectivity index (χ1) is 8.82. The lowest BCUT2D eigenvalue weighted by Crippen LogP contribution is -2.41. The van der Waals surface area contributed by atoms with E-state index in [-0.39, 0.29) is 18.3 Å². The van der Waals surface area contributed by atoms with Crippen molar-refractivity contribution in [3.8, 4) is 0 Å². The van der Waals surface area contributed by atoms with Gasteiger partial charge in [0.25, 0.3) is 0 Å². The van der Waals surface area contributed by atoms with Crippen molar-refractivity contribution in [2.45, 2.75) is 59.8 Å². The van der Waals surface area contributed by atoms with E-state index in [1.165, 1.54) is 20.0 Å². The van der Waals surface area contributed by atoms with Crippen molar-refractivity contribution >= 4 is 11.9 Å². The molecular weight excluding hydrogens is 242 g/mol. The van der Waals surface area contributed by atoms with Gasteiger partial charge in [-0.2, -0.15) is 0 Å². The Balaban J connectivity index is 4.38. The average molecular weight is 271 g/mol. The second-order valence-corrected chi connectivity index (χ2v) is 5.93. The van der Waals surface area contributed by atoms with E-state index < -0.39 is 5.41 Å². The summed E-state index contributed by atoms with van der Waals surface area (Å²) in [7, 11) is 1.37. The lowest BCUT2D eigenvalue weighted by molar-refractivity contribution is -0.143. The number of esters is 1. The molecule has 112 valence electrons. The molecule has 0 heterocycles. The molecule has 0 rings (SSSR count). The predicted molar refractivity (Wildman–Crippen MR) is 76.8 cm³/mol. The van der Waals surface area contributed by atoms with Gasteiger partial charge in [0.1, 0.15) is 0 Å². The molecule has 19 heavy (non-hydrogen) atoms. The zero-order valence-corrected chi connectivity index (χ0v) is 13.1. The van der Waals surface area contributed by atoms with Crippen LogP contribution in [-0.4, -0.2) is 37.0 Å². The lowest BCUT2D eigenvalue weighted by Gasteiger charge is -2.29. The van der Waals surface area contributed by atoms with Gasteiger partial charge in [-0.1, -0.05) is 47.0 Å². The van der Waals surface area contributed by atoms with Gasteiger partial charge in [-0.15, -0.1) is 0 Å².